The predicted octanol–water partition coefficient (Wildman–Crippen LogP) is 2.09. The van der Waals surface area contributed by atoms with Crippen molar-refractivity contribution in [1.29, 1.82) is 0 Å². The highest BCUT2D eigenvalue weighted by molar-refractivity contribution is 5.48. The van der Waals surface area contributed by atoms with Crippen molar-refractivity contribution in [2.24, 2.45) is 5.84 Å². The normalized spacial score (nSPS) is 10.0. The van der Waals surface area contributed by atoms with Crippen molar-refractivity contribution in [3.8, 4) is 5.75 Å². The molecule has 4 nitrogen and oxygen atoms in total. The van der Waals surface area contributed by atoms with Gasteiger partial charge >= 0.3 is 0 Å². The average molecular weight is 233 g/mol. The number of anilines is 1. The summed E-state index contributed by atoms with van der Waals surface area (Å²) in [6, 6.07) is 9.63. The smallest absolute Gasteiger partial charge is 0.182 e. The number of nitrogens with zero attached hydrogens (tertiary/aromatic N) is 1. The number of hydrogen-bond donors (Lipinski definition) is 2. The molecule has 0 unspecified atom stereocenters. The van der Waals surface area contributed by atoms with Crippen LogP contribution >= 0.6 is 0 Å². The van der Waals surface area contributed by atoms with E-state index in [0.717, 1.165) is 5.56 Å². The first kappa shape index (κ1) is 11.3. The Morgan fingerprint density at radius 3 is 2.71 bits per heavy atom. The average Bonchev–Trinajstić information content (AvgIpc) is 2.38. The van der Waals surface area contributed by atoms with Crippen LogP contribution in [0.2, 0.25) is 0 Å². The van der Waals surface area contributed by atoms with E-state index in [4.69, 9.17) is 10.6 Å². The molecule has 1 heterocycles. The first-order valence-corrected chi connectivity index (χ1v) is 5.08. The van der Waals surface area contributed by atoms with Crippen LogP contribution < -0.4 is 16.0 Å². The lowest BCUT2D eigenvalue weighted by Gasteiger charge is -2.09. The lowest BCUT2D eigenvalue weighted by molar-refractivity contribution is 0.306. The van der Waals surface area contributed by atoms with Gasteiger partial charge < -0.3 is 10.2 Å². The summed E-state index contributed by atoms with van der Waals surface area (Å²) in [5, 5.41) is 0. The highest BCUT2D eigenvalue weighted by Crippen LogP contribution is 2.20. The Bertz CT molecular complexity index is 487. The Morgan fingerprint density at radius 2 is 2.00 bits per heavy atom. The van der Waals surface area contributed by atoms with Gasteiger partial charge in [0, 0.05) is 6.20 Å². The zero-order valence-electron chi connectivity index (χ0n) is 9.06. The van der Waals surface area contributed by atoms with E-state index in [1.807, 2.05) is 0 Å². The van der Waals surface area contributed by atoms with Gasteiger partial charge in [0.1, 0.15) is 12.4 Å². The minimum Gasteiger partial charge on any atom is -0.485 e. The zero-order valence-corrected chi connectivity index (χ0v) is 9.06. The van der Waals surface area contributed by atoms with Gasteiger partial charge in [-0.2, -0.15) is 0 Å². The molecule has 2 aromatic rings. The van der Waals surface area contributed by atoms with E-state index >= 15 is 0 Å². The van der Waals surface area contributed by atoms with Crippen molar-refractivity contribution in [3.63, 3.8) is 0 Å². The van der Waals surface area contributed by atoms with Crippen LogP contribution in [0.25, 0.3) is 0 Å². The first-order chi connectivity index (χ1) is 8.29. The highest BCUT2D eigenvalue weighted by atomic mass is 19.1. The molecule has 0 saturated heterocycles. The fourth-order valence-electron chi connectivity index (χ4n) is 1.36. The maximum atomic E-state index is 12.7. The maximum absolute atomic E-state index is 12.7. The Morgan fingerprint density at radius 1 is 1.24 bits per heavy atom. The number of ether oxygens (including phenoxy) is 1. The molecule has 5 heteroatoms. The molecule has 0 atom stereocenters. The quantitative estimate of drug-likeness (QED) is 0.627. The highest BCUT2D eigenvalue weighted by Gasteiger charge is 2.02. The van der Waals surface area contributed by atoms with Crippen LogP contribution in [-0.4, -0.2) is 4.98 Å². The van der Waals surface area contributed by atoms with Crippen molar-refractivity contribution in [2.75, 3.05) is 5.43 Å². The van der Waals surface area contributed by atoms with Gasteiger partial charge in [-0.15, -0.1) is 0 Å². The predicted molar refractivity (Wildman–Crippen MR) is 62.8 cm³/mol. The summed E-state index contributed by atoms with van der Waals surface area (Å²) in [7, 11) is 0. The molecule has 0 saturated carbocycles. The topological polar surface area (TPSA) is 60.2 Å². The second-order valence-electron chi connectivity index (χ2n) is 3.41. The van der Waals surface area contributed by atoms with Crippen LogP contribution in [0.3, 0.4) is 0 Å². The number of pyridine rings is 1. The molecule has 0 fully saturated rings. The summed E-state index contributed by atoms with van der Waals surface area (Å²) < 4.78 is 18.2. The molecule has 0 aliphatic heterocycles. The molecular weight excluding hydrogens is 221 g/mol. The second-order valence-corrected chi connectivity index (χ2v) is 3.41. The van der Waals surface area contributed by atoms with Crippen molar-refractivity contribution in [2.45, 2.75) is 6.61 Å². The zero-order chi connectivity index (χ0) is 12.1. The van der Waals surface area contributed by atoms with Gasteiger partial charge in [-0.25, -0.2) is 15.2 Å². The third kappa shape index (κ3) is 2.92. The summed E-state index contributed by atoms with van der Waals surface area (Å²) in [6.45, 7) is 0.334. The largest absolute Gasteiger partial charge is 0.485 e. The van der Waals surface area contributed by atoms with E-state index < -0.39 is 0 Å². The number of nitrogens with one attached hydrogen (secondary N) is 1. The van der Waals surface area contributed by atoms with E-state index in [0.29, 0.717) is 18.2 Å². The molecule has 0 amide bonds. The Kier molecular flexibility index (Phi) is 3.52. The maximum Gasteiger partial charge on any atom is 0.182 e. The van der Waals surface area contributed by atoms with Crippen LogP contribution in [0.1, 0.15) is 5.56 Å². The lowest BCUT2D eigenvalue weighted by atomic mass is 10.2. The van der Waals surface area contributed by atoms with Gasteiger partial charge in [0.25, 0.3) is 0 Å². The molecule has 17 heavy (non-hydrogen) atoms. The van der Waals surface area contributed by atoms with Crippen LogP contribution in [-0.2, 0) is 6.61 Å². The van der Waals surface area contributed by atoms with Crippen LogP contribution in [0, 0.1) is 5.82 Å². The first-order valence-electron chi connectivity index (χ1n) is 5.08. The molecule has 1 aromatic carbocycles. The van der Waals surface area contributed by atoms with Gasteiger partial charge in [-0.05, 0) is 29.8 Å². The monoisotopic (exact) mass is 233 g/mol. The minimum absolute atomic E-state index is 0.264. The number of rotatable bonds is 4. The van der Waals surface area contributed by atoms with Crippen molar-refractivity contribution < 1.29 is 9.13 Å². The van der Waals surface area contributed by atoms with Crippen LogP contribution in [0.4, 0.5) is 10.2 Å². The molecule has 3 N–H and O–H groups in total. The third-order valence-electron chi connectivity index (χ3n) is 2.22. The van der Waals surface area contributed by atoms with Gasteiger partial charge in [-0.1, -0.05) is 12.1 Å². The molecule has 0 aliphatic rings. The molecule has 0 bridgehead atoms. The Labute approximate surface area is 98.2 Å². The number of hydrogen-bond acceptors (Lipinski definition) is 4. The number of nitrogen functional groups attached to an aromatic ring is 1. The summed E-state index contributed by atoms with van der Waals surface area (Å²) >= 11 is 0. The molecule has 0 radical (unpaired) electrons. The number of nitrogens with two attached hydrogens (primary N) is 1. The molecule has 2 rings (SSSR count). The summed E-state index contributed by atoms with van der Waals surface area (Å²) in [4.78, 5) is 4.00. The van der Waals surface area contributed by atoms with Crippen molar-refractivity contribution >= 4 is 5.82 Å². The number of benzene rings is 1. The fraction of sp³-hybridized carbons (Fsp3) is 0.0833. The number of aromatic nitrogens is 1. The summed E-state index contributed by atoms with van der Waals surface area (Å²) in [5.74, 6) is 6.06. The fourth-order valence-corrected chi connectivity index (χ4v) is 1.36. The van der Waals surface area contributed by atoms with Gasteiger partial charge in [0.2, 0.25) is 0 Å². The Balaban J connectivity index is 2.04. The summed E-state index contributed by atoms with van der Waals surface area (Å²) in [6.07, 6.45) is 1.61. The van der Waals surface area contributed by atoms with E-state index in [1.165, 1.54) is 12.1 Å². The molecule has 0 spiro atoms. The number of hydrazine groups is 1. The van der Waals surface area contributed by atoms with Crippen molar-refractivity contribution in [1.82, 2.24) is 4.98 Å². The molecular formula is C12H12FN3O. The second kappa shape index (κ2) is 5.27. The lowest BCUT2D eigenvalue weighted by Crippen LogP contribution is -2.10. The molecule has 88 valence electrons. The van der Waals surface area contributed by atoms with Gasteiger partial charge in [-0.3, -0.25) is 0 Å². The van der Waals surface area contributed by atoms with E-state index in [2.05, 4.69) is 10.4 Å². The van der Waals surface area contributed by atoms with Crippen LogP contribution in [0.5, 0.6) is 5.75 Å². The summed E-state index contributed by atoms with van der Waals surface area (Å²) in [5.41, 5.74) is 3.32. The van der Waals surface area contributed by atoms with Crippen LogP contribution in [0.15, 0.2) is 42.6 Å². The molecule has 0 aliphatic carbocycles. The third-order valence-corrected chi connectivity index (χ3v) is 2.22. The minimum atomic E-state index is -0.264. The van der Waals surface area contributed by atoms with E-state index in [9.17, 15) is 4.39 Å². The molecule has 1 aromatic heterocycles. The van der Waals surface area contributed by atoms with Crippen molar-refractivity contribution in [3.05, 3.63) is 54.0 Å². The standard InChI is InChI=1S/C12H12FN3O/c13-10-5-3-9(4-6-10)8-17-11-2-1-7-15-12(11)16-14/h1-7H,8,14H2,(H,15,16). The Hall–Kier alpha value is -2.14. The van der Waals surface area contributed by atoms with Gasteiger partial charge in [0.15, 0.2) is 11.6 Å². The van der Waals surface area contributed by atoms with E-state index in [-0.39, 0.29) is 5.82 Å². The SMILES string of the molecule is NNc1ncccc1OCc1ccc(F)cc1. The number of halogens is 1. The van der Waals surface area contributed by atoms with E-state index in [1.54, 1.807) is 30.5 Å². The van der Waals surface area contributed by atoms with Gasteiger partial charge in [0.05, 0.1) is 0 Å².